The zero-order chi connectivity index (χ0) is 74.0. The number of ether oxygens (including phenoxy) is 11. The highest BCUT2D eigenvalue weighted by atomic mass is 79.9. The average molecular weight is 1700 g/mol. The number of piperidine rings is 3. The summed E-state index contributed by atoms with van der Waals surface area (Å²) in [5, 5.41) is 33.6. The first-order chi connectivity index (χ1) is 50.4. The number of aliphatic hydroxyl groups excluding tert-OH is 3. The van der Waals surface area contributed by atoms with Crippen LogP contribution in [0.3, 0.4) is 0 Å². The summed E-state index contributed by atoms with van der Waals surface area (Å²) in [4.78, 5) is 17.3. The molecule has 586 valence electrons. The van der Waals surface area contributed by atoms with Gasteiger partial charge in [0.15, 0.2) is 11.9 Å². The molecule has 18 nitrogen and oxygen atoms in total. The van der Waals surface area contributed by atoms with Crippen molar-refractivity contribution in [3.05, 3.63) is 173 Å². The quantitative estimate of drug-likeness (QED) is 0.0338. The topological polar surface area (TPSA) is 198 Å². The molecular weight excluding hydrogens is 1590 g/mol. The summed E-state index contributed by atoms with van der Waals surface area (Å²) in [6, 6.07) is 37.5. The number of aryl methyl sites for hydroxylation is 1. The second-order valence-corrected chi connectivity index (χ2v) is 31.0. The minimum absolute atomic E-state index is 0. The average Bonchev–Trinajstić information content (AvgIpc) is 0.776. The zero-order valence-electron chi connectivity index (χ0n) is 63.2. The van der Waals surface area contributed by atoms with Crippen molar-refractivity contribution in [2.24, 2.45) is 17.8 Å². The van der Waals surface area contributed by atoms with Crippen LogP contribution in [0.1, 0.15) is 121 Å². The molecule has 6 aliphatic rings. The van der Waals surface area contributed by atoms with E-state index in [1.807, 2.05) is 44.2 Å². The molecule has 6 aromatic rings. The predicted molar refractivity (Wildman–Crippen MR) is 432 cm³/mol. The van der Waals surface area contributed by atoms with Crippen LogP contribution in [0.5, 0.6) is 34.5 Å². The fourth-order valence-corrected chi connectivity index (χ4v) is 15.4. The molecule has 6 heterocycles. The second-order valence-electron chi connectivity index (χ2n) is 28.4. The molecule has 0 radical (unpaired) electrons. The van der Waals surface area contributed by atoms with Crippen molar-refractivity contribution in [2.45, 2.75) is 134 Å². The Morgan fingerprint density at radius 3 is 1.21 bits per heavy atom. The number of aliphatic hydroxyl groups is 3. The third kappa shape index (κ3) is 25.5. The number of methoxy groups -OCH3 is 5. The van der Waals surface area contributed by atoms with Crippen LogP contribution in [-0.2, 0) is 73.4 Å². The number of nitrogens with one attached hydrogen (secondary N) is 1. The Labute approximate surface area is 667 Å². The summed E-state index contributed by atoms with van der Waals surface area (Å²) in [5.41, 5.74) is 8.62. The number of Topliss-reactive ketones (excluding diaryl/α,β-unsaturated/α-hetero) is 1. The van der Waals surface area contributed by atoms with E-state index >= 15 is 0 Å². The van der Waals surface area contributed by atoms with Crippen molar-refractivity contribution in [1.29, 1.82) is 0 Å². The molecule has 4 N–H and O–H groups in total. The summed E-state index contributed by atoms with van der Waals surface area (Å²) < 4.78 is 63.5. The van der Waals surface area contributed by atoms with Crippen molar-refractivity contribution in [3.63, 3.8) is 0 Å². The summed E-state index contributed by atoms with van der Waals surface area (Å²) in [6.07, 6.45) is 12.3. The lowest BCUT2D eigenvalue weighted by atomic mass is 9.86. The first kappa shape index (κ1) is 88.6. The van der Waals surface area contributed by atoms with E-state index in [-0.39, 0.29) is 50.4 Å². The Bertz CT molecular complexity index is 3640. The number of hydrogen-bond acceptors (Lipinski definition) is 18. The molecule has 3 fully saturated rings. The van der Waals surface area contributed by atoms with Crippen molar-refractivity contribution in [1.82, 2.24) is 15.1 Å². The lowest BCUT2D eigenvalue weighted by Crippen LogP contribution is -2.45. The highest BCUT2D eigenvalue weighted by Gasteiger charge is 2.43. The van der Waals surface area contributed by atoms with Crippen LogP contribution >= 0.6 is 72.6 Å². The normalized spacial score (nSPS) is 21.0. The van der Waals surface area contributed by atoms with Crippen LogP contribution in [0.2, 0.25) is 0 Å². The third-order valence-corrected chi connectivity index (χ3v) is 23.1. The summed E-state index contributed by atoms with van der Waals surface area (Å²) >= 11 is 10.7. The first-order valence-corrected chi connectivity index (χ1v) is 39.6. The summed E-state index contributed by atoms with van der Waals surface area (Å²) in [7, 11) is 8.33. The monoisotopic (exact) mass is 1700 g/mol. The van der Waals surface area contributed by atoms with Crippen LogP contribution in [0, 0.1) is 17.8 Å². The maximum Gasteiger partial charge on any atom is 0.198 e. The molecule has 106 heavy (non-hydrogen) atoms. The molecule has 0 saturated carbocycles. The molecule has 5 atom stereocenters. The first-order valence-electron chi connectivity index (χ1n) is 37.2. The van der Waals surface area contributed by atoms with E-state index in [9.17, 15) is 20.1 Å². The lowest BCUT2D eigenvalue weighted by molar-refractivity contribution is -0.122. The number of halogens is 5. The van der Waals surface area contributed by atoms with E-state index in [2.05, 4.69) is 149 Å². The number of hydrogen-bond donors (Lipinski definition) is 4. The van der Waals surface area contributed by atoms with E-state index in [4.69, 9.17) is 52.1 Å². The maximum absolute atomic E-state index is 12.2. The minimum atomic E-state index is -1.05. The molecule has 12 rings (SSSR count). The van der Waals surface area contributed by atoms with Gasteiger partial charge in [-0.2, -0.15) is 0 Å². The lowest BCUT2D eigenvalue weighted by Gasteiger charge is -2.39. The third-order valence-electron chi connectivity index (χ3n) is 21.1. The number of carbonyl (C=O) groups excluding carboxylic acids is 1. The highest BCUT2D eigenvalue weighted by Crippen LogP contribution is 2.42. The summed E-state index contributed by atoms with van der Waals surface area (Å²) in [6.45, 7) is 18.8. The van der Waals surface area contributed by atoms with Gasteiger partial charge in [0, 0.05) is 59.8 Å². The Morgan fingerprint density at radius 2 is 0.821 bits per heavy atom. The van der Waals surface area contributed by atoms with E-state index in [0.29, 0.717) is 62.8 Å². The van der Waals surface area contributed by atoms with Gasteiger partial charge in [-0.15, -0.1) is 24.8 Å². The van der Waals surface area contributed by atoms with Crippen molar-refractivity contribution in [2.75, 3.05) is 147 Å². The molecule has 3 saturated heterocycles. The van der Waals surface area contributed by atoms with Gasteiger partial charge in [-0.3, -0.25) is 4.79 Å². The zero-order valence-corrected chi connectivity index (χ0v) is 69.5. The standard InChI is InChI=1S/C28H38BrNO5.C26H32BrNO5.C15H22BrNO2.C14H20O3.2ClH/c1-28(33-3)23-17-20(5-7-25(23)35-19-27(28)31)8-11-30-12-9-21(10-13-30)16-22-4-6-24(29)26(18-22)34-15-14-32-2;1-31-12-13-32-25-16-20(2-4-22(25)27)14-19-7-10-28(11-8-19)9-6-18-3-5-24-21(15-18)26(30)23(29)17-33-24;1-18-8-9-19-15-11-13(2-3-14(15)16)10-12-4-6-17-7-5-12;1-4-5-10-6-7-12-11(8-10)14(2,16-3)13(15)9-17-12;;/h4-7,17-18,21,27,31H,8-16,19H2,1-3H3;2-5,15-16,19,23,29H,6-14,17H2,1H3;2-3,11-12,17H,4-10H2,1H3;6-8,13,15H,4-5,9H2,1-3H3;2*1H. The Balaban J connectivity index is 0.000000204. The number of nitrogens with zero attached hydrogens (tertiary/aromatic N) is 2. The van der Waals surface area contributed by atoms with Gasteiger partial charge in [-0.05, 0) is 302 Å². The van der Waals surface area contributed by atoms with Gasteiger partial charge in [-0.1, -0.05) is 49.7 Å². The number of benzene rings is 6. The van der Waals surface area contributed by atoms with E-state index in [1.54, 1.807) is 35.5 Å². The Morgan fingerprint density at radius 1 is 0.462 bits per heavy atom. The Kier molecular flexibility index (Phi) is 37.6. The molecule has 0 aliphatic carbocycles. The fraction of sp³-hybridized carbons (Fsp3) is 0.554. The molecule has 23 heteroatoms. The van der Waals surface area contributed by atoms with Crippen LogP contribution in [0.4, 0.5) is 0 Å². The summed E-state index contributed by atoms with van der Waals surface area (Å²) in [5.74, 6) is 6.84. The van der Waals surface area contributed by atoms with Crippen molar-refractivity contribution in [3.8, 4) is 34.5 Å². The maximum atomic E-state index is 12.2. The highest BCUT2D eigenvalue weighted by molar-refractivity contribution is 9.11. The number of ketones is 1. The number of carbonyl (C=O) groups is 1. The van der Waals surface area contributed by atoms with Gasteiger partial charge in [0.1, 0.15) is 97.5 Å². The minimum Gasteiger partial charge on any atom is -0.490 e. The molecule has 5 unspecified atom stereocenters. The van der Waals surface area contributed by atoms with Gasteiger partial charge >= 0.3 is 0 Å². The van der Waals surface area contributed by atoms with Gasteiger partial charge in [0.25, 0.3) is 0 Å². The molecule has 0 bridgehead atoms. The number of rotatable bonds is 28. The number of fused-ring (bicyclic) bond motifs is 3. The van der Waals surface area contributed by atoms with E-state index in [0.717, 1.165) is 162 Å². The predicted octanol–water partition coefficient (Wildman–Crippen LogP) is 14.6. The van der Waals surface area contributed by atoms with Crippen LogP contribution in [0.15, 0.2) is 123 Å². The van der Waals surface area contributed by atoms with Crippen LogP contribution in [0.25, 0.3) is 0 Å². The molecule has 6 aliphatic heterocycles. The molecule has 0 spiro atoms. The molecule has 0 amide bonds. The molecular formula is C83H114Br3Cl2N3O15. The van der Waals surface area contributed by atoms with Gasteiger partial charge in [0.05, 0.1) is 38.8 Å². The van der Waals surface area contributed by atoms with E-state index < -0.39 is 29.5 Å². The fourth-order valence-electron chi connectivity index (χ4n) is 14.3. The number of likely N-dealkylation sites (tertiary alicyclic amines) is 2. The van der Waals surface area contributed by atoms with Crippen molar-refractivity contribution >= 4 is 78.4 Å². The second kappa shape index (κ2) is 45.0. The van der Waals surface area contributed by atoms with E-state index in [1.165, 1.54) is 66.3 Å². The Hall–Kier alpha value is -4.63. The SMILES string of the molecule is CCCc1ccc2c(c1)C(C)(OC)C(O)CO2.COCCOc1cc(CC2CCN(CCc3ccc4c(c3)C(=O)C(O)CO4)CC2)ccc1Br.COCCOc1cc(CC2CCN(CCc3ccc4c(c3)C(C)(OC)C(O)CO4)CC2)ccc1Br.COCCOc1cc(CC2CCNCC2)ccc1Br.Cl.Cl. The van der Waals surface area contributed by atoms with Crippen LogP contribution < -0.4 is 33.7 Å². The molecule has 0 aromatic heterocycles. The van der Waals surface area contributed by atoms with Gasteiger partial charge in [0.2, 0.25) is 0 Å². The molecule has 6 aromatic carbocycles. The van der Waals surface area contributed by atoms with Crippen LogP contribution in [-0.4, -0.2) is 197 Å². The smallest absolute Gasteiger partial charge is 0.198 e. The van der Waals surface area contributed by atoms with Gasteiger partial charge in [-0.25, -0.2) is 0 Å². The largest absolute Gasteiger partial charge is 0.490 e. The van der Waals surface area contributed by atoms with Crippen molar-refractivity contribution < 1.29 is 72.2 Å². The van der Waals surface area contributed by atoms with Gasteiger partial charge < -0.3 is 82.5 Å².